The topological polar surface area (TPSA) is 64.6 Å². The van der Waals surface area contributed by atoms with E-state index in [-0.39, 0.29) is 18.4 Å². The van der Waals surface area contributed by atoms with E-state index >= 15 is 0 Å². The third-order valence-corrected chi connectivity index (χ3v) is 3.36. The highest BCUT2D eigenvalue weighted by Crippen LogP contribution is 2.29. The zero-order chi connectivity index (χ0) is 16.0. The van der Waals surface area contributed by atoms with Gasteiger partial charge in [0, 0.05) is 11.4 Å². The van der Waals surface area contributed by atoms with E-state index in [9.17, 15) is 9.59 Å². The number of benzene rings is 1. The molecule has 0 saturated heterocycles. The second-order valence-corrected chi connectivity index (χ2v) is 5.84. The van der Waals surface area contributed by atoms with Gasteiger partial charge in [-0.05, 0) is 29.7 Å². The highest BCUT2D eigenvalue weighted by molar-refractivity contribution is 9.10. The van der Waals surface area contributed by atoms with Crippen molar-refractivity contribution in [2.45, 2.75) is 32.7 Å². The van der Waals surface area contributed by atoms with E-state index in [4.69, 9.17) is 4.74 Å². The molecule has 1 aromatic carbocycles. The van der Waals surface area contributed by atoms with Gasteiger partial charge in [-0.2, -0.15) is 0 Å². The standard InChI is InChI=1S/C15H20BrNO4/c1-9(2)12-7-11(16)5-6-14(12)21-8-13(15(19)20-4)17-10(3)18/h5-7,9,13H,8H2,1-4H3,(H,17,18). The van der Waals surface area contributed by atoms with Crippen molar-refractivity contribution in [2.75, 3.05) is 13.7 Å². The van der Waals surface area contributed by atoms with Gasteiger partial charge in [0.2, 0.25) is 5.91 Å². The molecule has 0 aliphatic rings. The lowest BCUT2D eigenvalue weighted by atomic mass is 10.0. The number of ether oxygens (including phenoxy) is 2. The van der Waals surface area contributed by atoms with Gasteiger partial charge in [0.15, 0.2) is 6.04 Å². The lowest BCUT2D eigenvalue weighted by molar-refractivity contribution is -0.145. The summed E-state index contributed by atoms with van der Waals surface area (Å²) in [5.74, 6) is 0.115. The molecule has 21 heavy (non-hydrogen) atoms. The van der Waals surface area contributed by atoms with Gasteiger partial charge in [0.05, 0.1) is 7.11 Å². The minimum atomic E-state index is -0.823. The van der Waals surface area contributed by atoms with Crippen LogP contribution in [0.5, 0.6) is 5.75 Å². The van der Waals surface area contributed by atoms with Crippen molar-refractivity contribution in [1.29, 1.82) is 0 Å². The van der Waals surface area contributed by atoms with Crippen LogP contribution in [0, 0.1) is 0 Å². The summed E-state index contributed by atoms with van der Waals surface area (Å²) in [6.07, 6.45) is 0. The Morgan fingerprint density at radius 2 is 2.00 bits per heavy atom. The maximum Gasteiger partial charge on any atom is 0.331 e. The van der Waals surface area contributed by atoms with Gasteiger partial charge in [-0.1, -0.05) is 29.8 Å². The summed E-state index contributed by atoms with van der Waals surface area (Å²) in [5, 5.41) is 2.51. The Balaban J connectivity index is 2.84. The van der Waals surface area contributed by atoms with Crippen molar-refractivity contribution < 1.29 is 19.1 Å². The van der Waals surface area contributed by atoms with Gasteiger partial charge in [-0.25, -0.2) is 4.79 Å². The lowest BCUT2D eigenvalue weighted by Crippen LogP contribution is -2.44. The molecule has 5 nitrogen and oxygen atoms in total. The lowest BCUT2D eigenvalue weighted by Gasteiger charge is -2.19. The van der Waals surface area contributed by atoms with E-state index < -0.39 is 12.0 Å². The number of methoxy groups -OCH3 is 1. The molecule has 0 aliphatic heterocycles. The number of esters is 1. The van der Waals surface area contributed by atoms with E-state index in [1.807, 2.05) is 18.2 Å². The minimum Gasteiger partial charge on any atom is -0.491 e. The normalized spacial score (nSPS) is 11.9. The molecule has 0 heterocycles. The molecule has 1 N–H and O–H groups in total. The maximum absolute atomic E-state index is 11.6. The first-order chi connectivity index (χ1) is 9.85. The summed E-state index contributed by atoms with van der Waals surface area (Å²) in [7, 11) is 1.27. The van der Waals surface area contributed by atoms with Crippen molar-refractivity contribution in [1.82, 2.24) is 5.32 Å². The number of amides is 1. The van der Waals surface area contributed by atoms with E-state index in [0.717, 1.165) is 10.0 Å². The zero-order valence-corrected chi connectivity index (χ0v) is 14.2. The van der Waals surface area contributed by atoms with E-state index in [1.54, 1.807) is 0 Å². The van der Waals surface area contributed by atoms with Gasteiger partial charge in [-0.15, -0.1) is 0 Å². The van der Waals surface area contributed by atoms with Crippen LogP contribution in [-0.2, 0) is 14.3 Å². The molecule has 1 unspecified atom stereocenters. The molecule has 116 valence electrons. The number of hydrogen-bond donors (Lipinski definition) is 1. The maximum atomic E-state index is 11.6. The zero-order valence-electron chi connectivity index (χ0n) is 12.6. The molecule has 0 spiro atoms. The first-order valence-corrected chi connectivity index (χ1v) is 7.41. The second kappa shape index (κ2) is 8.02. The Morgan fingerprint density at radius 3 is 2.52 bits per heavy atom. The third-order valence-electron chi connectivity index (χ3n) is 2.86. The fourth-order valence-electron chi connectivity index (χ4n) is 1.83. The van der Waals surface area contributed by atoms with Crippen molar-refractivity contribution in [2.24, 2.45) is 0 Å². The smallest absolute Gasteiger partial charge is 0.331 e. The Labute approximate surface area is 133 Å². The summed E-state index contributed by atoms with van der Waals surface area (Å²) in [5.41, 5.74) is 1.02. The van der Waals surface area contributed by atoms with Crippen LogP contribution in [0.25, 0.3) is 0 Å². The predicted octanol–water partition coefficient (Wildman–Crippen LogP) is 2.63. The van der Waals surface area contributed by atoms with Crippen LogP contribution in [0.3, 0.4) is 0 Å². The average Bonchev–Trinajstić information content (AvgIpc) is 2.42. The average molecular weight is 358 g/mol. The molecule has 0 saturated carbocycles. The van der Waals surface area contributed by atoms with E-state index in [2.05, 4.69) is 39.8 Å². The highest BCUT2D eigenvalue weighted by atomic mass is 79.9. The van der Waals surface area contributed by atoms with E-state index in [1.165, 1.54) is 14.0 Å². The molecule has 6 heteroatoms. The fourth-order valence-corrected chi connectivity index (χ4v) is 2.21. The Bertz CT molecular complexity index is 516. The molecule has 1 rings (SSSR count). The van der Waals surface area contributed by atoms with Crippen molar-refractivity contribution >= 4 is 27.8 Å². The van der Waals surface area contributed by atoms with Crippen LogP contribution >= 0.6 is 15.9 Å². The number of carbonyl (C=O) groups excluding carboxylic acids is 2. The summed E-state index contributed by atoms with van der Waals surface area (Å²) >= 11 is 3.43. The summed E-state index contributed by atoms with van der Waals surface area (Å²) in [4.78, 5) is 22.7. The molecular formula is C15H20BrNO4. The number of rotatable bonds is 6. The van der Waals surface area contributed by atoms with Crippen molar-refractivity contribution in [3.05, 3.63) is 28.2 Å². The first-order valence-electron chi connectivity index (χ1n) is 6.62. The number of nitrogens with one attached hydrogen (secondary N) is 1. The highest BCUT2D eigenvalue weighted by Gasteiger charge is 2.21. The third kappa shape index (κ3) is 5.38. The Hall–Kier alpha value is -1.56. The monoisotopic (exact) mass is 357 g/mol. The SMILES string of the molecule is COC(=O)C(COc1ccc(Br)cc1C(C)C)NC(C)=O. The molecule has 0 aliphatic carbocycles. The Kier molecular flexibility index (Phi) is 6.68. The molecule has 0 radical (unpaired) electrons. The first kappa shape index (κ1) is 17.5. The van der Waals surface area contributed by atoms with Crippen molar-refractivity contribution in [3.8, 4) is 5.75 Å². The van der Waals surface area contributed by atoms with Crippen LogP contribution in [0.2, 0.25) is 0 Å². The quantitative estimate of drug-likeness (QED) is 0.794. The molecule has 1 atom stereocenters. The fraction of sp³-hybridized carbons (Fsp3) is 0.467. The number of halogens is 1. The van der Waals surface area contributed by atoms with Gasteiger partial charge < -0.3 is 14.8 Å². The van der Waals surface area contributed by atoms with Crippen LogP contribution in [0.1, 0.15) is 32.3 Å². The largest absolute Gasteiger partial charge is 0.491 e. The van der Waals surface area contributed by atoms with Crippen LogP contribution < -0.4 is 10.1 Å². The predicted molar refractivity (Wildman–Crippen MR) is 83.3 cm³/mol. The summed E-state index contributed by atoms with van der Waals surface area (Å²) in [6.45, 7) is 5.48. The van der Waals surface area contributed by atoms with Crippen LogP contribution in [0.15, 0.2) is 22.7 Å². The van der Waals surface area contributed by atoms with Gasteiger partial charge in [-0.3, -0.25) is 4.79 Å². The van der Waals surface area contributed by atoms with Gasteiger partial charge in [0.25, 0.3) is 0 Å². The van der Waals surface area contributed by atoms with E-state index in [0.29, 0.717) is 5.75 Å². The van der Waals surface area contributed by atoms with Crippen LogP contribution in [-0.4, -0.2) is 31.6 Å². The molecular weight excluding hydrogens is 338 g/mol. The van der Waals surface area contributed by atoms with Crippen molar-refractivity contribution in [3.63, 3.8) is 0 Å². The number of hydrogen-bond acceptors (Lipinski definition) is 4. The molecule has 0 bridgehead atoms. The summed E-state index contributed by atoms with van der Waals surface area (Å²) < 4.78 is 11.3. The Morgan fingerprint density at radius 1 is 1.33 bits per heavy atom. The molecule has 1 aromatic rings. The number of carbonyl (C=O) groups is 2. The summed E-state index contributed by atoms with van der Waals surface area (Å²) in [6, 6.07) is 4.86. The molecule has 1 amide bonds. The van der Waals surface area contributed by atoms with Crippen LogP contribution in [0.4, 0.5) is 0 Å². The van der Waals surface area contributed by atoms with Gasteiger partial charge >= 0.3 is 5.97 Å². The minimum absolute atomic E-state index is 0.0214. The molecule has 0 fully saturated rings. The molecule has 0 aromatic heterocycles. The second-order valence-electron chi connectivity index (χ2n) is 4.92. The van der Waals surface area contributed by atoms with Gasteiger partial charge in [0.1, 0.15) is 12.4 Å².